The van der Waals surface area contributed by atoms with Gasteiger partial charge in [-0.15, -0.1) is 0 Å². The lowest BCUT2D eigenvalue weighted by Gasteiger charge is -2.26. The summed E-state index contributed by atoms with van der Waals surface area (Å²) < 4.78 is 5.84. The highest BCUT2D eigenvalue weighted by atomic mass is 16.5. The van der Waals surface area contributed by atoms with Gasteiger partial charge in [0.05, 0.1) is 17.7 Å². The lowest BCUT2D eigenvalue weighted by Crippen LogP contribution is -2.29. The van der Waals surface area contributed by atoms with E-state index >= 15 is 0 Å². The van der Waals surface area contributed by atoms with Gasteiger partial charge in [0.1, 0.15) is 11.5 Å². The van der Waals surface area contributed by atoms with Gasteiger partial charge in [-0.1, -0.05) is 56.7 Å². The number of unbranched alkanes of at least 4 members (excludes halogenated alkanes) is 1. The molecule has 5 heteroatoms. The highest BCUT2D eigenvalue weighted by Crippen LogP contribution is 2.42. The molecule has 1 aliphatic heterocycles. The van der Waals surface area contributed by atoms with E-state index in [1.54, 1.807) is 18.2 Å². The zero-order valence-corrected chi connectivity index (χ0v) is 23.0. The van der Waals surface area contributed by atoms with Gasteiger partial charge in [-0.05, 0) is 92.6 Å². The lowest BCUT2D eigenvalue weighted by molar-refractivity contribution is -0.132. The Kier molecular flexibility index (Phi) is 8.35. The summed E-state index contributed by atoms with van der Waals surface area (Å²) in [6, 6.07) is 20.3. The molecule has 1 N–H and O–H groups in total. The molecule has 1 heterocycles. The van der Waals surface area contributed by atoms with Crippen molar-refractivity contribution in [3.8, 4) is 5.75 Å². The first-order chi connectivity index (χ1) is 18.2. The van der Waals surface area contributed by atoms with E-state index in [0.29, 0.717) is 17.0 Å². The van der Waals surface area contributed by atoms with E-state index in [1.807, 2.05) is 69.3 Å². The normalized spacial score (nSPS) is 16.9. The average molecular weight is 512 g/mol. The lowest BCUT2D eigenvalue weighted by atomic mass is 9.93. The Morgan fingerprint density at radius 1 is 0.947 bits per heavy atom. The number of aliphatic hydroxyl groups is 1. The summed E-state index contributed by atoms with van der Waals surface area (Å²) in [7, 11) is 0. The molecule has 0 aromatic heterocycles. The van der Waals surface area contributed by atoms with E-state index in [2.05, 4.69) is 13.8 Å². The zero-order valence-electron chi connectivity index (χ0n) is 23.0. The highest BCUT2D eigenvalue weighted by Gasteiger charge is 2.47. The van der Waals surface area contributed by atoms with Gasteiger partial charge in [0, 0.05) is 11.3 Å². The third-order valence-corrected chi connectivity index (χ3v) is 6.99. The van der Waals surface area contributed by atoms with Crippen molar-refractivity contribution in [2.75, 3.05) is 4.90 Å². The third kappa shape index (κ3) is 5.52. The van der Waals surface area contributed by atoms with Crippen LogP contribution >= 0.6 is 0 Å². The Morgan fingerprint density at radius 3 is 2.18 bits per heavy atom. The molecule has 3 aromatic carbocycles. The van der Waals surface area contributed by atoms with Crippen molar-refractivity contribution in [2.24, 2.45) is 0 Å². The van der Waals surface area contributed by atoms with Crippen LogP contribution in [0.1, 0.15) is 74.4 Å². The molecule has 1 saturated heterocycles. The number of ketones is 1. The van der Waals surface area contributed by atoms with E-state index in [0.717, 1.165) is 42.4 Å². The van der Waals surface area contributed by atoms with Gasteiger partial charge < -0.3 is 9.84 Å². The number of Topliss-reactive ketones (excluding diaryl/α,β-unsaturated/α-hetero) is 1. The summed E-state index contributed by atoms with van der Waals surface area (Å²) >= 11 is 0. The minimum atomic E-state index is -0.741. The number of aliphatic hydroxyl groups excluding tert-OH is 1. The molecule has 1 aliphatic rings. The topological polar surface area (TPSA) is 66.8 Å². The summed E-state index contributed by atoms with van der Waals surface area (Å²) in [5.41, 5.74) is 5.15. The van der Waals surface area contributed by atoms with Crippen LogP contribution in [0.5, 0.6) is 5.75 Å². The molecule has 0 saturated carbocycles. The van der Waals surface area contributed by atoms with Crippen LogP contribution in [0, 0.1) is 6.92 Å². The van der Waals surface area contributed by atoms with Crippen LogP contribution < -0.4 is 9.64 Å². The summed E-state index contributed by atoms with van der Waals surface area (Å²) in [6.07, 6.45) is 4.05. The number of carbonyl (C=O) groups is 2. The number of hydrogen-bond acceptors (Lipinski definition) is 4. The van der Waals surface area contributed by atoms with Crippen LogP contribution in [-0.2, 0) is 22.4 Å². The van der Waals surface area contributed by atoms with Crippen LogP contribution in [0.25, 0.3) is 5.76 Å². The van der Waals surface area contributed by atoms with Gasteiger partial charge >= 0.3 is 0 Å². The molecule has 0 radical (unpaired) electrons. The number of hydrogen-bond donors (Lipinski definition) is 1. The molecule has 198 valence electrons. The van der Waals surface area contributed by atoms with Crippen molar-refractivity contribution >= 4 is 23.1 Å². The minimum absolute atomic E-state index is 0.0120. The molecule has 0 spiro atoms. The first kappa shape index (κ1) is 27.2. The standard InChI is InChI=1S/C33H37NO4/c1-6-8-9-24-12-17-27(18-13-24)34-30(25-14-10-23(7-2)11-15-25)29(32(36)33(34)37)31(35)26-16-19-28(22(5)20-26)38-21(3)4/h10-21,30,35H,6-9H2,1-5H3/b31-29-. The Balaban J connectivity index is 1.83. The number of anilines is 1. The number of rotatable bonds is 9. The molecule has 1 amide bonds. The molecular formula is C33H37NO4. The molecule has 1 unspecified atom stereocenters. The Bertz CT molecular complexity index is 1340. The van der Waals surface area contributed by atoms with Crippen LogP contribution in [0.4, 0.5) is 5.69 Å². The number of ether oxygens (including phenoxy) is 1. The maximum atomic E-state index is 13.5. The fourth-order valence-electron chi connectivity index (χ4n) is 4.89. The first-order valence-corrected chi connectivity index (χ1v) is 13.5. The van der Waals surface area contributed by atoms with Gasteiger partial charge in [-0.25, -0.2) is 0 Å². The van der Waals surface area contributed by atoms with E-state index < -0.39 is 17.7 Å². The summed E-state index contributed by atoms with van der Waals surface area (Å²) in [6.45, 7) is 10.0. The summed E-state index contributed by atoms with van der Waals surface area (Å²) in [5, 5.41) is 11.5. The van der Waals surface area contributed by atoms with Gasteiger partial charge in [0.2, 0.25) is 0 Å². The smallest absolute Gasteiger partial charge is 0.300 e. The maximum Gasteiger partial charge on any atom is 0.300 e. The SMILES string of the molecule is CCCCc1ccc(N2C(=O)C(=O)/C(=C(\O)c3ccc(OC(C)C)c(C)c3)C2c2ccc(CC)cc2)cc1. The fourth-order valence-corrected chi connectivity index (χ4v) is 4.89. The predicted molar refractivity (Wildman–Crippen MR) is 153 cm³/mol. The van der Waals surface area contributed by atoms with Crippen LogP contribution in [-0.4, -0.2) is 22.9 Å². The third-order valence-electron chi connectivity index (χ3n) is 6.99. The molecule has 0 aliphatic carbocycles. The molecule has 0 bridgehead atoms. The Labute approximate surface area is 225 Å². The molecular weight excluding hydrogens is 474 g/mol. The maximum absolute atomic E-state index is 13.5. The van der Waals surface area contributed by atoms with E-state index in [-0.39, 0.29) is 17.4 Å². The molecule has 38 heavy (non-hydrogen) atoms. The van der Waals surface area contributed by atoms with Crippen LogP contribution in [0.3, 0.4) is 0 Å². The monoisotopic (exact) mass is 511 g/mol. The predicted octanol–water partition coefficient (Wildman–Crippen LogP) is 7.31. The number of carbonyl (C=O) groups excluding carboxylic acids is 2. The van der Waals surface area contributed by atoms with Crippen molar-refractivity contribution in [3.63, 3.8) is 0 Å². The Morgan fingerprint density at radius 2 is 1.61 bits per heavy atom. The van der Waals surface area contributed by atoms with Crippen LogP contribution in [0.2, 0.25) is 0 Å². The molecule has 4 rings (SSSR count). The van der Waals surface area contributed by atoms with Crippen molar-refractivity contribution in [1.29, 1.82) is 0 Å². The first-order valence-electron chi connectivity index (χ1n) is 13.5. The van der Waals surface area contributed by atoms with Crippen molar-refractivity contribution in [1.82, 2.24) is 0 Å². The van der Waals surface area contributed by atoms with Gasteiger partial charge in [-0.2, -0.15) is 0 Å². The van der Waals surface area contributed by atoms with Gasteiger partial charge in [0.25, 0.3) is 11.7 Å². The second kappa shape index (κ2) is 11.7. The average Bonchev–Trinajstić information content (AvgIpc) is 3.18. The summed E-state index contributed by atoms with van der Waals surface area (Å²) in [5.74, 6) is -0.808. The number of aryl methyl sites for hydroxylation is 3. The van der Waals surface area contributed by atoms with E-state index in [1.165, 1.54) is 10.5 Å². The number of amides is 1. The molecule has 3 aromatic rings. The number of benzene rings is 3. The molecule has 5 nitrogen and oxygen atoms in total. The van der Waals surface area contributed by atoms with Gasteiger partial charge in [0.15, 0.2) is 0 Å². The largest absolute Gasteiger partial charge is 0.507 e. The van der Waals surface area contributed by atoms with E-state index in [9.17, 15) is 14.7 Å². The van der Waals surface area contributed by atoms with Crippen molar-refractivity contribution < 1.29 is 19.4 Å². The fraction of sp³-hybridized carbons (Fsp3) is 0.333. The number of nitrogens with zero attached hydrogens (tertiary/aromatic N) is 1. The van der Waals surface area contributed by atoms with Crippen molar-refractivity contribution in [2.45, 2.75) is 72.4 Å². The second-order valence-electron chi connectivity index (χ2n) is 10.2. The van der Waals surface area contributed by atoms with E-state index in [4.69, 9.17) is 4.74 Å². The molecule has 1 fully saturated rings. The van der Waals surface area contributed by atoms with Gasteiger partial charge in [-0.3, -0.25) is 14.5 Å². The highest BCUT2D eigenvalue weighted by molar-refractivity contribution is 6.51. The quantitative estimate of drug-likeness (QED) is 0.186. The summed E-state index contributed by atoms with van der Waals surface area (Å²) in [4.78, 5) is 28.5. The minimum Gasteiger partial charge on any atom is -0.507 e. The second-order valence-corrected chi connectivity index (χ2v) is 10.2. The Hall–Kier alpha value is -3.86. The zero-order chi connectivity index (χ0) is 27.4. The molecule has 1 atom stereocenters. The van der Waals surface area contributed by atoms with Crippen LogP contribution in [0.15, 0.2) is 72.3 Å². The van der Waals surface area contributed by atoms with Crippen molar-refractivity contribution in [3.05, 3.63) is 100 Å².